The summed E-state index contributed by atoms with van der Waals surface area (Å²) in [6, 6.07) is 5.19. The SMILES string of the molecule is COCC(C)N1CCN(S(=O)(=O)c2ccc(F)c(C#N)c2)CC1. The number of piperazine rings is 1. The lowest BCUT2D eigenvalue weighted by molar-refractivity contribution is 0.0766. The van der Waals surface area contributed by atoms with Crippen molar-refractivity contribution in [2.45, 2.75) is 17.9 Å². The van der Waals surface area contributed by atoms with Crippen LogP contribution in [0.5, 0.6) is 0 Å². The average molecular weight is 341 g/mol. The van der Waals surface area contributed by atoms with E-state index >= 15 is 0 Å². The van der Waals surface area contributed by atoms with Crippen LogP contribution in [0.15, 0.2) is 23.1 Å². The van der Waals surface area contributed by atoms with Crippen LogP contribution in [0.2, 0.25) is 0 Å². The van der Waals surface area contributed by atoms with Gasteiger partial charge in [-0.05, 0) is 25.1 Å². The molecule has 1 aliphatic rings. The fourth-order valence-corrected chi connectivity index (χ4v) is 4.08. The first kappa shape index (κ1) is 17.8. The van der Waals surface area contributed by atoms with E-state index in [-0.39, 0.29) is 16.5 Å². The first-order valence-corrected chi connectivity index (χ1v) is 8.77. The number of halogens is 1. The minimum absolute atomic E-state index is 0.0474. The van der Waals surface area contributed by atoms with Gasteiger partial charge >= 0.3 is 0 Å². The topological polar surface area (TPSA) is 73.6 Å². The zero-order valence-electron chi connectivity index (χ0n) is 13.2. The van der Waals surface area contributed by atoms with Crippen molar-refractivity contribution in [1.29, 1.82) is 5.26 Å². The highest BCUT2D eigenvalue weighted by Gasteiger charge is 2.30. The first-order valence-electron chi connectivity index (χ1n) is 7.33. The third-order valence-electron chi connectivity index (χ3n) is 4.00. The number of ether oxygens (including phenoxy) is 1. The largest absolute Gasteiger partial charge is 0.383 e. The molecular formula is C15H20FN3O3S. The predicted molar refractivity (Wildman–Crippen MR) is 82.8 cm³/mol. The Labute approximate surface area is 136 Å². The molecule has 6 nitrogen and oxygen atoms in total. The number of benzene rings is 1. The Bertz CT molecular complexity index is 694. The minimum Gasteiger partial charge on any atom is -0.383 e. The zero-order valence-corrected chi connectivity index (χ0v) is 14.0. The van der Waals surface area contributed by atoms with Crippen LogP contribution >= 0.6 is 0 Å². The van der Waals surface area contributed by atoms with E-state index in [0.717, 1.165) is 12.1 Å². The Morgan fingerprint density at radius 3 is 2.57 bits per heavy atom. The highest BCUT2D eigenvalue weighted by molar-refractivity contribution is 7.89. The Hall–Kier alpha value is -1.53. The first-order chi connectivity index (χ1) is 10.9. The second-order valence-corrected chi connectivity index (χ2v) is 7.44. The van der Waals surface area contributed by atoms with Crippen molar-refractivity contribution in [2.75, 3.05) is 39.9 Å². The third-order valence-corrected chi connectivity index (χ3v) is 5.90. The molecule has 0 spiro atoms. The molecule has 1 unspecified atom stereocenters. The molecule has 1 aliphatic heterocycles. The molecule has 0 aromatic heterocycles. The molecule has 8 heteroatoms. The van der Waals surface area contributed by atoms with Gasteiger partial charge in [-0.3, -0.25) is 4.90 Å². The van der Waals surface area contributed by atoms with E-state index < -0.39 is 15.8 Å². The maximum absolute atomic E-state index is 13.4. The molecule has 1 fully saturated rings. The maximum atomic E-state index is 13.4. The zero-order chi connectivity index (χ0) is 17.0. The van der Waals surface area contributed by atoms with Gasteiger partial charge in [0.1, 0.15) is 11.9 Å². The van der Waals surface area contributed by atoms with Crippen molar-refractivity contribution in [3.63, 3.8) is 0 Å². The second kappa shape index (κ2) is 7.36. The highest BCUT2D eigenvalue weighted by Crippen LogP contribution is 2.20. The number of nitriles is 1. The molecule has 2 rings (SSSR count). The number of hydrogen-bond donors (Lipinski definition) is 0. The summed E-state index contributed by atoms with van der Waals surface area (Å²) >= 11 is 0. The van der Waals surface area contributed by atoms with Gasteiger partial charge in [-0.1, -0.05) is 0 Å². The molecule has 0 bridgehead atoms. The van der Waals surface area contributed by atoms with Crippen molar-refractivity contribution >= 4 is 10.0 Å². The highest BCUT2D eigenvalue weighted by atomic mass is 32.2. The van der Waals surface area contributed by atoms with Gasteiger partial charge in [-0.25, -0.2) is 12.8 Å². The molecule has 1 atom stereocenters. The number of sulfonamides is 1. The van der Waals surface area contributed by atoms with Gasteiger partial charge in [-0.15, -0.1) is 0 Å². The molecular weight excluding hydrogens is 321 g/mol. The van der Waals surface area contributed by atoms with Gasteiger partial charge in [0.05, 0.1) is 17.1 Å². The molecule has 1 heterocycles. The summed E-state index contributed by atoms with van der Waals surface area (Å²) in [7, 11) is -2.08. The van der Waals surface area contributed by atoms with Crippen molar-refractivity contribution in [3.05, 3.63) is 29.6 Å². The second-order valence-electron chi connectivity index (χ2n) is 5.50. The van der Waals surface area contributed by atoms with Crippen molar-refractivity contribution in [2.24, 2.45) is 0 Å². The lowest BCUT2D eigenvalue weighted by atomic mass is 10.2. The van der Waals surface area contributed by atoms with Crippen molar-refractivity contribution in [3.8, 4) is 6.07 Å². The Morgan fingerprint density at radius 1 is 1.35 bits per heavy atom. The number of nitrogens with zero attached hydrogens (tertiary/aromatic N) is 3. The normalized spacial score (nSPS) is 18.5. The van der Waals surface area contributed by atoms with E-state index in [4.69, 9.17) is 10.00 Å². The van der Waals surface area contributed by atoms with Crippen LogP contribution < -0.4 is 0 Å². The summed E-state index contributed by atoms with van der Waals surface area (Å²) in [6.07, 6.45) is 0. The number of hydrogen-bond acceptors (Lipinski definition) is 5. The van der Waals surface area contributed by atoms with Crippen molar-refractivity contribution in [1.82, 2.24) is 9.21 Å². The van der Waals surface area contributed by atoms with E-state index in [1.165, 1.54) is 10.4 Å². The molecule has 1 saturated heterocycles. The van der Waals surface area contributed by atoms with Crippen LogP contribution in [0.25, 0.3) is 0 Å². The number of methoxy groups -OCH3 is 1. The minimum atomic E-state index is -3.72. The molecule has 0 saturated carbocycles. The summed E-state index contributed by atoms with van der Waals surface area (Å²) in [4.78, 5) is 2.12. The Morgan fingerprint density at radius 2 is 2.00 bits per heavy atom. The Kier molecular flexibility index (Phi) is 5.70. The maximum Gasteiger partial charge on any atom is 0.243 e. The van der Waals surface area contributed by atoms with E-state index in [0.29, 0.717) is 32.8 Å². The van der Waals surface area contributed by atoms with E-state index in [2.05, 4.69) is 4.90 Å². The fourth-order valence-electron chi connectivity index (χ4n) is 2.63. The third kappa shape index (κ3) is 3.87. The standard InChI is InChI=1S/C15H20FN3O3S/c1-12(11-22-2)18-5-7-19(8-6-18)23(20,21)14-3-4-15(16)13(9-14)10-17/h3-4,9,12H,5-8,11H2,1-2H3. The molecule has 126 valence electrons. The van der Waals surface area contributed by atoms with Gasteiger partial charge in [-0.2, -0.15) is 9.57 Å². The van der Waals surface area contributed by atoms with Crippen LogP contribution in [0.4, 0.5) is 4.39 Å². The smallest absolute Gasteiger partial charge is 0.243 e. The fraction of sp³-hybridized carbons (Fsp3) is 0.533. The van der Waals surface area contributed by atoms with Crippen molar-refractivity contribution < 1.29 is 17.5 Å². The lowest BCUT2D eigenvalue weighted by Crippen LogP contribution is -2.52. The monoisotopic (exact) mass is 341 g/mol. The Balaban J connectivity index is 2.12. The molecule has 1 aromatic rings. The van der Waals surface area contributed by atoms with E-state index in [1.54, 1.807) is 13.2 Å². The summed E-state index contributed by atoms with van der Waals surface area (Å²) in [5, 5.41) is 8.85. The number of rotatable bonds is 5. The lowest BCUT2D eigenvalue weighted by Gasteiger charge is -2.37. The molecule has 0 aliphatic carbocycles. The van der Waals surface area contributed by atoms with Crippen LogP contribution in [0.1, 0.15) is 12.5 Å². The average Bonchev–Trinajstić information content (AvgIpc) is 2.55. The van der Waals surface area contributed by atoms with Gasteiger partial charge in [0.25, 0.3) is 0 Å². The van der Waals surface area contributed by atoms with Gasteiger partial charge in [0, 0.05) is 39.3 Å². The quantitative estimate of drug-likeness (QED) is 0.800. The molecule has 0 radical (unpaired) electrons. The molecule has 0 N–H and O–H groups in total. The molecule has 23 heavy (non-hydrogen) atoms. The van der Waals surface area contributed by atoms with E-state index in [9.17, 15) is 12.8 Å². The summed E-state index contributed by atoms with van der Waals surface area (Å²) in [5.41, 5.74) is -0.265. The van der Waals surface area contributed by atoms with E-state index in [1.807, 2.05) is 6.92 Å². The van der Waals surface area contributed by atoms with Crippen LogP contribution in [0.3, 0.4) is 0 Å². The van der Waals surface area contributed by atoms with Crippen LogP contribution in [0, 0.1) is 17.1 Å². The predicted octanol–water partition coefficient (Wildman–Crippen LogP) is 1.04. The molecule has 1 aromatic carbocycles. The summed E-state index contributed by atoms with van der Waals surface area (Å²) in [6.45, 7) is 4.56. The molecule has 0 amide bonds. The van der Waals surface area contributed by atoms with Crippen LogP contribution in [-0.4, -0.2) is 63.6 Å². The summed E-state index contributed by atoms with van der Waals surface area (Å²) < 4.78 is 45.1. The van der Waals surface area contributed by atoms with Gasteiger partial charge < -0.3 is 4.74 Å². The van der Waals surface area contributed by atoms with Gasteiger partial charge in [0.2, 0.25) is 10.0 Å². The van der Waals surface area contributed by atoms with Crippen LogP contribution in [-0.2, 0) is 14.8 Å². The van der Waals surface area contributed by atoms with Gasteiger partial charge in [0.15, 0.2) is 0 Å². The summed E-state index contributed by atoms with van der Waals surface area (Å²) in [5.74, 6) is -0.718.